The number of piperazine rings is 1. The summed E-state index contributed by atoms with van der Waals surface area (Å²) in [4.78, 5) is 40.7. The van der Waals surface area contributed by atoms with E-state index in [0.29, 0.717) is 56.6 Å². The van der Waals surface area contributed by atoms with Crippen LogP contribution >= 0.6 is 12.2 Å². The van der Waals surface area contributed by atoms with Gasteiger partial charge in [-0.05, 0) is 24.7 Å². The van der Waals surface area contributed by atoms with Crippen molar-refractivity contribution in [3.05, 3.63) is 42.2 Å². The number of amides is 3. The molecular weight excluding hydrogens is 558 g/mol. The van der Waals surface area contributed by atoms with Crippen molar-refractivity contribution in [1.29, 1.82) is 0 Å². The smallest absolute Gasteiger partial charge is 0.414 e. The van der Waals surface area contributed by atoms with Crippen LogP contribution in [0.3, 0.4) is 0 Å². The van der Waals surface area contributed by atoms with E-state index < -0.39 is 23.8 Å². The minimum atomic E-state index is -0.796. The first-order valence-electron chi connectivity index (χ1n) is 13.4. The molecule has 0 radical (unpaired) electrons. The monoisotopic (exact) mass is 590 g/mol. The molecule has 3 saturated heterocycles. The molecule has 220 valence electrons. The molecular formula is C26H32F2N8O4S. The number of hydrogen-bond donors (Lipinski definition) is 1. The minimum Gasteiger partial charge on any atom is -0.490 e. The molecule has 3 aliphatic rings. The number of rotatable bonds is 6. The normalized spacial score (nSPS) is 19.7. The van der Waals surface area contributed by atoms with Crippen molar-refractivity contribution >= 4 is 46.7 Å². The number of halogens is 2. The van der Waals surface area contributed by atoms with Crippen LogP contribution in [0.5, 0.6) is 0 Å². The summed E-state index contributed by atoms with van der Waals surface area (Å²) in [6.45, 7) is 3.40. The summed E-state index contributed by atoms with van der Waals surface area (Å²) in [5.41, 5.74) is 2.96. The Morgan fingerprint density at radius 2 is 1.76 bits per heavy atom. The number of thiocarbonyl (C=S) groups is 1. The number of ether oxygens (including phenoxy) is 2. The molecule has 1 atom stereocenters. The van der Waals surface area contributed by atoms with Crippen LogP contribution in [0.1, 0.15) is 12.8 Å². The number of anilines is 3. The Kier molecular flexibility index (Phi) is 8.93. The second-order valence-electron chi connectivity index (χ2n) is 9.84. The maximum Gasteiger partial charge on any atom is 0.414 e. The number of methoxy groups -OCH3 is 1. The summed E-state index contributed by atoms with van der Waals surface area (Å²) >= 11 is 5.02. The first-order chi connectivity index (χ1) is 19.8. The third kappa shape index (κ3) is 6.56. The second kappa shape index (κ2) is 12.8. The Bertz CT molecular complexity index is 1240. The van der Waals surface area contributed by atoms with E-state index >= 15 is 8.78 Å². The number of nitrogens with one attached hydrogen (secondary N) is 1. The predicted molar refractivity (Wildman–Crippen MR) is 151 cm³/mol. The molecule has 12 nitrogen and oxygen atoms in total. The summed E-state index contributed by atoms with van der Waals surface area (Å²) in [5.74, 6) is -0.960. The van der Waals surface area contributed by atoms with E-state index in [0.717, 1.165) is 12.1 Å². The number of aromatic nitrogens is 2. The average molecular weight is 591 g/mol. The maximum atomic E-state index is 15.3. The van der Waals surface area contributed by atoms with E-state index in [1.54, 1.807) is 28.3 Å². The number of hydrazine groups is 1. The van der Waals surface area contributed by atoms with Gasteiger partial charge < -0.3 is 24.2 Å². The maximum absolute atomic E-state index is 15.3. The van der Waals surface area contributed by atoms with Crippen LogP contribution in [-0.2, 0) is 9.47 Å². The Morgan fingerprint density at radius 3 is 2.44 bits per heavy atom. The van der Waals surface area contributed by atoms with Crippen LogP contribution in [0.2, 0.25) is 0 Å². The van der Waals surface area contributed by atoms with Crippen molar-refractivity contribution in [2.75, 3.05) is 80.7 Å². The van der Waals surface area contributed by atoms with Gasteiger partial charge >= 0.3 is 12.1 Å². The van der Waals surface area contributed by atoms with Gasteiger partial charge in [-0.25, -0.2) is 33.8 Å². The average Bonchev–Trinajstić information content (AvgIpc) is 3.19. The molecule has 0 unspecified atom stereocenters. The van der Waals surface area contributed by atoms with Gasteiger partial charge in [0.25, 0.3) is 0 Å². The lowest BCUT2D eigenvalue weighted by atomic mass is 10.2. The van der Waals surface area contributed by atoms with Gasteiger partial charge in [0.05, 0.1) is 25.9 Å². The highest BCUT2D eigenvalue weighted by Gasteiger charge is 2.34. The van der Waals surface area contributed by atoms with Gasteiger partial charge in [0.15, 0.2) is 16.7 Å². The molecule has 4 heterocycles. The van der Waals surface area contributed by atoms with Crippen LogP contribution in [0.25, 0.3) is 0 Å². The lowest BCUT2D eigenvalue weighted by Gasteiger charge is -2.37. The van der Waals surface area contributed by atoms with Crippen LogP contribution in [-0.4, -0.2) is 109 Å². The van der Waals surface area contributed by atoms with Gasteiger partial charge in [0.1, 0.15) is 11.8 Å². The lowest BCUT2D eigenvalue weighted by Crippen LogP contribution is -2.56. The highest BCUT2D eigenvalue weighted by molar-refractivity contribution is 7.80. The number of cyclic esters (lactones) is 1. The molecule has 15 heteroatoms. The number of nitrogens with zero attached hydrogens (tertiary/aromatic N) is 7. The molecule has 1 N–H and O–H groups in total. The summed E-state index contributed by atoms with van der Waals surface area (Å²) in [6.07, 6.45) is 3.12. The highest BCUT2D eigenvalue weighted by atomic mass is 32.1. The first kappa shape index (κ1) is 28.7. The van der Waals surface area contributed by atoms with E-state index in [2.05, 4.69) is 15.4 Å². The van der Waals surface area contributed by atoms with Gasteiger partial charge in [0.2, 0.25) is 5.95 Å². The van der Waals surface area contributed by atoms with Gasteiger partial charge in [0, 0.05) is 76.8 Å². The molecule has 0 saturated carbocycles. The van der Waals surface area contributed by atoms with Crippen molar-refractivity contribution in [3.63, 3.8) is 0 Å². The minimum absolute atomic E-state index is 0.0790. The fourth-order valence-corrected chi connectivity index (χ4v) is 5.23. The van der Waals surface area contributed by atoms with Crippen molar-refractivity contribution in [2.45, 2.75) is 18.9 Å². The van der Waals surface area contributed by atoms with Gasteiger partial charge in [-0.1, -0.05) is 0 Å². The Morgan fingerprint density at radius 1 is 1.07 bits per heavy atom. The molecule has 41 heavy (non-hydrogen) atoms. The molecule has 0 spiro atoms. The molecule has 3 aliphatic heterocycles. The number of carbonyl (C=O) groups excluding carboxylic acids is 2. The number of benzene rings is 1. The fourth-order valence-electron chi connectivity index (χ4n) is 5.11. The Hall–Kier alpha value is -3.85. The molecule has 1 aromatic carbocycles. The Balaban J connectivity index is 1.18. The van der Waals surface area contributed by atoms with E-state index in [1.165, 1.54) is 17.0 Å². The molecule has 3 fully saturated rings. The molecule has 5 rings (SSSR count). The standard InChI is InChI=1S/C26H32F2N8O4S/c1-39-22(41)4-3-19-17-35(26(38)40-19)18-15-20(27)23(21(28)16-18)32-8-7-31-36(14-13-32)25(37)34-11-9-33(10-12-34)24-29-5-2-6-30-24/h2,5-6,15-16,19,31H,3-4,7-14,17H2,1H3/t19-/m0/s1. The van der Waals surface area contributed by atoms with Gasteiger partial charge in [-0.15, -0.1) is 0 Å². The third-order valence-corrected chi connectivity index (χ3v) is 7.67. The predicted octanol–water partition coefficient (Wildman–Crippen LogP) is 2.40. The third-order valence-electron chi connectivity index (χ3n) is 7.30. The molecule has 0 aliphatic carbocycles. The lowest BCUT2D eigenvalue weighted by molar-refractivity contribution is 0.132. The van der Waals surface area contributed by atoms with Crippen molar-refractivity contribution in [2.24, 2.45) is 0 Å². The van der Waals surface area contributed by atoms with Gasteiger partial charge in [-0.3, -0.25) is 9.91 Å². The summed E-state index contributed by atoms with van der Waals surface area (Å²) in [7, 11) is 1.47. The van der Waals surface area contributed by atoms with Crippen LogP contribution in [0.15, 0.2) is 30.6 Å². The zero-order valence-corrected chi connectivity index (χ0v) is 23.5. The molecule has 2 aromatic rings. The second-order valence-corrected chi connectivity index (χ2v) is 10.3. The van der Waals surface area contributed by atoms with E-state index in [1.807, 2.05) is 4.90 Å². The van der Waals surface area contributed by atoms with Crippen molar-refractivity contribution in [1.82, 2.24) is 25.3 Å². The first-order valence-corrected chi connectivity index (χ1v) is 13.9. The highest BCUT2D eigenvalue weighted by Crippen LogP contribution is 2.32. The molecule has 0 bridgehead atoms. The zero-order valence-electron chi connectivity index (χ0n) is 22.7. The van der Waals surface area contributed by atoms with E-state index in [9.17, 15) is 9.59 Å². The van der Waals surface area contributed by atoms with Gasteiger partial charge in [-0.2, -0.15) is 0 Å². The molecule has 3 amide bonds. The van der Waals surface area contributed by atoms with Crippen molar-refractivity contribution in [3.8, 4) is 0 Å². The van der Waals surface area contributed by atoms with Crippen LogP contribution < -0.4 is 20.1 Å². The topological polar surface area (TPSA) is 107 Å². The zero-order chi connectivity index (χ0) is 28.9. The summed E-state index contributed by atoms with van der Waals surface area (Å²) in [5, 5.41) is 1.89. The molecule has 1 aromatic heterocycles. The number of carbonyl (C=O) groups is 2. The number of urea groups is 1. The SMILES string of the molecule is COC(=S)CC[C@H]1CN(c2cc(F)c(N3CCNN(C(=O)N4CCN(c5ncccn5)CC4)CC3)c(F)c2)C(=O)O1. The quantitative estimate of drug-likeness (QED) is 0.504. The Labute approximate surface area is 241 Å². The van der Waals surface area contributed by atoms with E-state index in [-0.39, 0.29) is 43.6 Å². The van der Waals surface area contributed by atoms with Crippen LogP contribution in [0.4, 0.5) is 35.7 Å². The van der Waals surface area contributed by atoms with E-state index in [4.69, 9.17) is 21.7 Å². The fraction of sp³-hybridized carbons (Fsp3) is 0.500. The van der Waals surface area contributed by atoms with Crippen LogP contribution in [0, 0.1) is 11.6 Å². The van der Waals surface area contributed by atoms with Crippen molar-refractivity contribution < 1.29 is 27.8 Å². The summed E-state index contributed by atoms with van der Waals surface area (Å²) < 4.78 is 40.9. The summed E-state index contributed by atoms with van der Waals surface area (Å²) in [6, 6.07) is 3.84. The largest absolute Gasteiger partial charge is 0.490 e. The number of hydrogen-bond acceptors (Lipinski definition) is 10.